The normalized spacial score (nSPS) is 6.00. The van der Waals surface area contributed by atoms with Crippen LogP contribution in [-0.2, 0) is 9.59 Å². The Hall–Kier alpha value is -0.0603. The first-order valence-corrected chi connectivity index (χ1v) is 3.44. The van der Waals surface area contributed by atoms with Crippen LogP contribution in [0.25, 0.3) is 0 Å². The second kappa shape index (κ2) is 22.7. The van der Waals surface area contributed by atoms with E-state index in [1.807, 2.05) is 0 Å². The second-order valence-corrected chi connectivity index (χ2v) is 1.45. The van der Waals surface area contributed by atoms with E-state index in [2.05, 4.69) is 13.2 Å². The Morgan fingerprint density at radius 1 is 1.00 bits per heavy atom. The van der Waals surface area contributed by atoms with Crippen LogP contribution < -0.4 is 10.2 Å². The molecule has 0 heterocycles. The van der Waals surface area contributed by atoms with Crippen LogP contribution in [0.15, 0.2) is 13.2 Å². The minimum atomic E-state index is -0.995. The molecule has 0 spiro atoms. The number of hydrogen-bond acceptors (Lipinski definition) is 4. The molecule has 0 aliphatic rings. The summed E-state index contributed by atoms with van der Waals surface area (Å²) in [6, 6.07) is 0. The smallest absolute Gasteiger partial charge is 0.550 e. The maximum absolute atomic E-state index is 9.26. The first-order chi connectivity index (χ1) is 5.54. The number of carbonyl (C=O) groups is 2. The zero-order valence-corrected chi connectivity index (χ0v) is 10.4. The molecule has 0 rings (SSSR count). The van der Waals surface area contributed by atoms with Gasteiger partial charge in [-0.25, -0.2) is 0 Å². The van der Waals surface area contributed by atoms with E-state index >= 15 is 0 Å². The monoisotopic (exact) mass is 214 g/mol. The second-order valence-electron chi connectivity index (χ2n) is 1.45. The van der Waals surface area contributed by atoms with Crippen LogP contribution in [0, 0.1) is 0 Å². The number of carbonyl (C=O) groups excluding carboxylic acids is 2. The predicted molar refractivity (Wildman–Crippen MR) is 47.6 cm³/mol. The SMILES string of the molecule is C=C.CCC(=O)[O-].CCC(=O)[O-].[Ca+2]. The van der Waals surface area contributed by atoms with Crippen molar-refractivity contribution in [3.63, 3.8) is 0 Å². The largest absolute Gasteiger partial charge is 2.00 e. The van der Waals surface area contributed by atoms with Crippen molar-refractivity contribution in [3.8, 4) is 0 Å². The third kappa shape index (κ3) is 76.0. The van der Waals surface area contributed by atoms with Gasteiger partial charge in [-0.15, -0.1) is 13.2 Å². The van der Waals surface area contributed by atoms with Crippen LogP contribution in [0.1, 0.15) is 26.7 Å². The Labute approximate surface area is 109 Å². The number of rotatable bonds is 2. The average molecular weight is 214 g/mol. The molecule has 0 amide bonds. The van der Waals surface area contributed by atoms with E-state index in [4.69, 9.17) is 0 Å². The Bertz CT molecular complexity index is 111. The van der Waals surface area contributed by atoms with E-state index in [-0.39, 0.29) is 50.6 Å². The molecule has 0 aromatic carbocycles. The Morgan fingerprint density at radius 2 is 1.08 bits per heavy atom. The van der Waals surface area contributed by atoms with Crippen LogP contribution in [0.4, 0.5) is 0 Å². The molecule has 72 valence electrons. The number of aliphatic carboxylic acids is 2. The maximum atomic E-state index is 9.26. The Balaban J connectivity index is -0.0000000491. The fraction of sp³-hybridized carbons (Fsp3) is 0.500. The van der Waals surface area contributed by atoms with Crippen LogP contribution in [0.3, 0.4) is 0 Å². The van der Waals surface area contributed by atoms with Crippen molar-refractivity contribution < 1.29 is 19.8 Å². The average Bonchev–Trinajstić information content (AvgIpc) is 2.09. The third-order valence-electron chi connectivity index (χ3n) is 0.577. The quantitative estimate of drug-likeness (QED) is 0.423. The van der Waals surface area contributed by atoms with Gasteiger partial charge in [0.2, 0.25) is 0 Å². The van der Waals surface area contributed by atoms with Crippen molar-refractivity contribution in [2.75, 3.05) is 0 Å². The van der Waals surface area contributed by atoms with Crippen molar-refractivity contribution in [1.29, 1.82) is 0 Å². The molecule has 0 radical (unpaired) electrons. The number of carboxylic acid groups (broad SMARTS) is 2. The van der Waals surface area contributed by atoms with Crippen LogP contribution in [0.5, 0.6) is 0 Å². The molecule has 0 N–H and O–H groups in total. The molecule has 13 heavy (non-hydrogen) atoms. The number of carboxylic acids is 2. The molecule has 5 heteroatoms. The molecule has 0 aromatic heterocycles. The van der Waals surface area contributed by atoms with Crippen LogP contribution in [-0.4, -0.2) is 49.7 Å². The minimum Gasteiger partial charge on any atom is -0.550 e. The summed E-state index contributed by atoms with van der Waals surface area (Å²) in [5.41, 5.74) is 0. The summed E-state index contributed by atoms with van der Waals surface area (Å²) in [5, 5.41) is 18.5. The molecule has 0 saturated heterocycles. The molecular formula is C8H14CaO4. The van der Waals surface area contributed by atoms with Gasteiger partial charge in [0.15, 0.2) is 0 Å². The van der Waals surface area contributed by atoms with E-state index in [1.54, 1.807) is 0 Å². The first kappa shape index (κ1) is 23.1. The molecule has 0 aliphatic carbocycles. The van der Waals surface area contributed by atoms with Crippen molar-refractivity contribution in [2.24, 2.45) is 0 Å². The van der Waals surface area contributed by atoms with E-state index in [1.165, 1.54) is 13.8 Å². The van der Waals surface area contributed by atoms with E-state index in [0.29, 0.717) is 0 Å². The van der Waals surface area contributed by atoms with Gasteiger partial charge in [0.05, 0.1) is 0 Å². The fourth-order valence-corrected chi connectivity index (χ4v) is 0. The Morgan fingerprint density at radius 3 is 1.08 bits per heavy atom. The van der Waals surface area contributed by atoms with Crippen LogP contribution >= 0.6 is 0 Å². The molecule has 0 fully saturated rings. The topological polar surface area (TPSA) is 80.3 Å². The van der Waals surface area contributed by atoms with E-state index < -0.39 is 11.9 Å². The van der Waals surface area contributed by atoms with Crippen LogP contribution in [0.2, 0.25) is 0 Å². The predicted octanol–water partition coefficient (Wildman–Crippen LogP) is -1.29. The summed E-state index contributed by atoms with van der Waals surface area (Å²) in [6.07, 6.45) is 0.222. The number of hydrogen-bond donors (Lipinski definition) is 0. The minimum absolute atomic E-state index is 0. The van der Waals surface area contributed by atoms with E-state index in [0.717, 1.165) is 0 Å². The standard InChI is InChI=1S/2C3H6O2.C2H4.Ca/c2*1-2-3(4)5;1-2;/h2*2H2,1H3,(H,4,5);1-2H2;/q;;;+2/p-2. The first-order valence-electron chi connectivity index (χ1n) is 3.44. The summed E-state index contributed by atoms with van der Waals surface area (Å²) in [6.45, 7) is 9.07. The van der Waals surface area contributed by atoms with Gasteiger partial charge in [-0.3, -0.25) is 0 Å². The third-order valence-corrected chi connectivity index (χ3v) is 0.577. The van der Waals surface area contributed by atoms with Crippen molar-refractivity contribution in [2.45, 2.75) is 26.7 Å². The zero-order chi connectivity index (χ0) is 10.6. The molecule has 0 aliphatic heterocycles. The molecule has 0 saturated carbocycles. The van der Waals surface area contributed by atoms with Gasteiger partial charge in [0.1, 0.15) is 0 Å². The fourth-order valence-electron chi connectivity index (χ4n) is 0. The summed E-state index contributed by atoms with van der Waals surface area (Å²) >= 11 is 0. The molecule has 0 aromatic rings. The van der Waals surface area contributed by atoms with Gasteiger partial charge in [0, 0.05) is 11.9 Å². The van der Waals surface area contributed by atoms with Crippen molar-refractivity contribution in [3.05, 3.63) is 13.2 Å². The van der Waals surface area contributed by atoms with Gasteiger partial charge in [0.25, 0.3) is 0 Å². The van der Waals surface area contributed by atoms with Gasteiger partial charge in [-0.2, -0.15) is 0 Å². The molecule has 0 bridgehead atoms. The summed E-state index contributed by atoms with van der Waals surface area (Å²) < 4.78 is 0. The molecule has 0 unspecified atom stereocenters. The van der Waals surface area contributed by atoms with Gasteiger partial charge >= 0.3 is 37.7 Å². The molecular weight excluding hydrogens is 200 g/mol. The van der Waals surface area contributed by atoms with Crippen molar-refractivity contribution >= 4 is 49.7 Å². The summed E-state index contributed by atoms with van der Waals surface area (Å²) in [5.74, 6) is -1.99. The molecule has 0 atom stereocenters. The van der Waals surface area contributed by atoms with Gasteiger partial charge in [-0.1, -0.05) is 13.8 Å². The van der Waals surface area contributed by atoms with Gasteiger partial charge < -0.3 is 19.8 Å². The summed E-state index contributed by atoms with van der Waals surface area (Å²) in [4.78, 5) is 18.5. The van der Waals surface area contributed by atoms with Crippen molar-refractivity contribution in [1.82, 2.24) is 0 Å². The maximum Gasteiger partial charge on any atom is 2.00 e. The van der Waals surface area contributed by atoms with Gasteiger partial charge in [-0.05, 0) is 12.8 Å². The Kier molecular flexibility index (Phi) is 40.2. The molecule has 4 nitrogen and oxygen atoms in total. The zero-order valence-electron chi connectivity index (χ0n) is 8.17. The van der Waals surface area contributed by atoms with E-state index in [9.17, 15) is 19.8 Å². The summed E-state index contributed by atoms with van der Waals surface area (Å²) in [7, 11) is 0.